The van der Waals surface area contributed by atoms with E-state index in [1.54, 1.807) is 46.6 Å². The fraction of sp³-hybridized carbons (Fsp3) is 0.455. The quantitative estimate of drug-likeness (QED) is 0.380. The van der Waals surface area contributed by atoms with E-state index >= 15 is 0 Å². The van der Waals surface area contributed by atoms with Gasteiger partial charge in [-0.2, -0.15) is 0 Å². The third-order valence-corrected chi connectivity index (χ3v) is 8.99. The zero-order valence-electron chi connectivity index (χ0n) is 25.1. The average molecular weight is 609 g/mol. The Hall–Kier alpha value is -3.90. The molecule has 2 saturated heterocycles. The second-order valence-electron chi connectivity index (χ2n) is 11.3. The molecule has 0 aliphatic carbocycles. The Bertz CT molecular complexity index is 1500. The molecule has 1 N–H and O–H groups in total. The summed E-state index contributed by atoms with van der Waals surface area (Å²) in [5.74, 6) is 3.71. The van der Waals surface area contributed by atoms with Gasteiger partial charge in [0, 0.05) is 18.6 Å². The maximum absolute atomic E-state index is 11.9. The van der Waals surface area contributed by atoms with Crippen LogP contribution in [0.5, 0.6) is 40.2 Å². The predicted molar refractivity (Wildman–Crippen MR) is 155 cm³/mol. The molecule has 0 aromatic heterocycles. The molecule has 0 saturated carbocycles. The van der Waals surface area contributed by atoms with Crippen molar-refractivity contribution in [3.63, 3.8) is 0 Å². The summed E-state index contributed by atoms with van der Waals surface area (Å²) in [6.45, 7) is 0.838. The van der Waals surface area contributed by atoms with Crippen LogP contribution in [0.15, 0.2) is 48.5 Å². The summed E-state index contributed by atoms with van der Waals surface area (Å²) in [7, 11) is 6.39. The molecule has 0 radical (unpaired) electrons. The molecule has 4 aliphatic heterocycles. The van der Waals surface area contributed by atoms with Crippen LogP contribution in [0, 0.1) is 5.92 Å². The van der Waals surface area contributed by atoms with Crippen molar-refractivity contribution in [2.24, 2.45) is 5.92 Å². The molecule has 4 aliphatic rings. The van der Waals surface area contributed by atoms with Crippen molar-refractivity contribution < 1.29 is 52.5 Å². The predicted octanol–water partition coefficient (Wildman–Crippen LogP) is 4.03. The molecule has 234 valence electrons. The Morgan fingerprint density at radius 3 is 2.39 bits per heavy atom. The molecule has 11 nitrogen and oxygen atoms in total. The lowest BCUT2D eigenvalue weighted by molar-refractivity contribution is -0.153. The van der Waals surface area contributed by atoms with E-state index in [4.69, 9.17) is 47.4 Å². The maximum Gasteiger partial charge on any atom is 0.232 e. The van der Waals surface area contributed by atoms with E-state index < -0.39 is 23.9 Å². The molecule has 11 heteroatoms. The number of ether oxygens (including phenoxy) is 10. The highest BCUT2D eigenvalue weighted by atomic mass is 16.7. The van der Waals surface area contributed by atoms with Gasteiger partial charge in [-0.1, -0.05) is 12.1 Å². The van der Waals surface area contributed by atoms with Gasteiger partial charge in [0.15, 0.2) is 28.6 Å². The first-order valence-corrected chi connectivity index (χ1v) is 14.6. The first kappa shape index (κ1) is 28.8. The normalized spacial score (nSPS) is 28.2. The minimum Gasteiger partial charge on any atom is -0.496 e. The molecular weight excluding hydrogens is 572 g/mol. The number of methoxy groups -OCH3 is 4. The molecule has 0 amide bonds. The van der Waals surface area contributed by atoms with Gasteiger partial charge in [-0.25, -0.2) is 0 Å². The highest BCUT2D eigenvalue weighted by Gasteiger charge is 2.61. The van der Waals surface area contributed by atoms with E-state index in [-0.39, 0.29) is 32.0 Å². The number of para-hydroxylation sites is 1. The average Bonchev–Trinajstić information content (AvgIpc) is 3.74. The lowest BCUT2D eigenvalue weighted by Gasteiger charge is -2.35. The second kappa shape index (κ2) is 11.6. The van der Waals surface area contributed by atoms with Crippen molar-refractivity contribution >= 4 is 0 Å². The van der Waals surface area contributed by atoms with Gasteiger partial charge in [0.25, 0.3) is 0 Å². The van der Waals surface area contributed by atoms with E-state index in [1.807, 2.05) is 30.3 Å². The fourth-order valence-corrected chi connectivity index (χ4v) is 6.69. The number of rotatable bonds is 9. The molecule has 44 heavy (non-hydrogen) atoms. The topological polar surface area (TPSA) is 113 Å². The summed E-state index contributed by atoms with van der Waals surface area (Å²) in [6, 6.07) is 15.3. The van der Waals surface area contributed by atoms with Crippen molar-refractivity contribution in [2.45, 2.75) is 36.4 Å². The minimum atomic E-state index is -1.43. The van der Waals surface area contributed by atoms with Crippen LogP contribution in [0.25, 0.3) is 0 Å². The van der Waals surface area contributed by atoms with Gasteiger partial charge in [0.2, 0.25) is 18.8 Å². The number of fused-ring (bicyclic) bond motifs is 3. The van der Waals surface area contributed by atoms with Crippen LogP contribution in [0.2, 0.25) is 0 Å². The van der Waals surface area contributed by atoms with Crippen LogP contribution in [0.4, 0.5) is 0 Å². The molecular formula is C33H36O11. The van der Waals surface area contributed by atoms with Crippen LogP contribution in [-0.2, 0) is 20.6 Å². The Morgan fingerprint density at radius 1 is 0.864 bits per heavy atom. The SMILES string of the molecule is COC[C@H]1Oc2cc([C@@H]3OC[C@@]4(O)[C@H](Oc5c(OC)cccc5OC)OC[C@@H]34)c(OC)cc2C[C@@H]1c1ccc2c(c1)OCO2. The van der Waals surface area contributed by atoms with Crippen LogP contribution in [0.1, 0.15) is 28.7 Å². The van der Waals surface area contributed by atoms with Crippen molar-refractivity contribution in [1.82, 2.24) is 0 Å². The first-order chi connectivity index (χ1) is 21.5. The number of hydrogen-bond acceptors (Lipinski definition) is 11. The number of aliphatic hydroxyl groups is 1. The molecule has 3 aromatic carbocycles. The molecule has 4 heterocycles. The third kappa shape index (κ3) is 4.75. The lowest BCUT2D eigenvalue weighted by atomic mass is 9.82. The standard InChI is InChI=1S/C33H36O11/c1-35-15-29-20(18-8-9-23-28(11-18)42-17-41-23)10-19-12-27(38-4)21(13-26(19)43-29)30-22-14-39-32(33(22,34)16-40-30)44-31-24(36-2)6-5-7-25(31)37-3/h5-9,11-13,20,22,29-30,32,34H,10,14-17H2,1-4H3/t20-,22+,29-,30+,32+,33+/m1/s1. The Morgan fingerprint density at radius 2 is 1.64 bits per heavy atom. The van der Waals surface area contributed by atoms with Gasteiger partial charge in [-0.3, -0.25) is 0 Å². The van der Waals surface area contributed by atoms with Gasteiger partial charge < -0.3 is 52.5 Å². The van der Waals surface area contributed by atoms with Gasteiger partial charge in [0.05, 0.1) is 53.2 Å². The summed E-state index contributed by atoms with van der Waals surface area (Å²) in [5, 5.41) is 11.9. The summed E-state index contributed by atoms with van der Waals surface area (Å²) in [5.41, 5.74) is 1.42. The zero-order valence-corrected chi connectivity index (χ0v) is 25.1. The van der Waals surface area contributed by atoms with E-state index in [9.17, 15) is 5.11 Å². The highest BCUT2D eigenvalue weighted by Crippen LogP contribution is 2.53. The number of hydrogen-bond donors (Lipinski definition) is 1. The van der Waals surface area contributed by atoms with Crippen LogP contribution in [0.3, 0.4) is 0 Å². The molecule has 2 fully saturated rings. The summed E-state index contributed by atoms with van der Waals surface area (Å²) in [6.07, 6.45) is -1.06. The van der Waals surface area contributed by atoms with Gasteiger partial charge >= 0.3 is 0 Å². The molecule has 0 spiro atoms. The largest absolute Gasteiger partial charge is 0.496 e. The van der Waals surface area contributed by atoms with Crippen molar-refractivity contribution in [3.8, 4) is 40.2 Å². The highest BCUT2D eigenvalue weighted by molar-refractivity contribution is 5.53. The van der Waals surface area contributed by atoms with E-state index in [1.165, 1.54) is 0 Å². The Kier molecular flexibility index (Phi) is 7.57. The molecule has 0 unspecified atom stereocenters. The van der Waals surface area contributed by atoms with Gasteiger partial charge in [0.1, 0.15) is 17.6 Å². The van der Waals surface area contributed by atoms with E-state index in [0.29, 0.717) is 36.0 Å². The summed E-state index contributed by atoms with van der Waals surface area (Å²) in [4.78, 5) is 0. The molecule has 0 bridgehead atoms. The fourth-order valence-electron chi connectivity index (χ4n) is 6.69. The van der Waals surface area contributed by atoms with Crippen LogP contribution < -0.4 is 33.2 Å². The van der Waals surface area contributed by atoms with Gasteiger partial charge in [-0.05, 0) is 53.9 Å². The Balaban J connectivity index is 1.17. The van der Waals surface area contributed by atoms with E-state index in [2.05, 4.69) is 0 Å². The summed E-state index contributed by atoms with van der Waals surface area (Å²) >= 11 is 0. The third-order valence-electron chi connectivity index (χ3n) is 8.99. The van der Waals surface area contributed by atoms with Crippen molar-refractivity contribution in [3.05, 3.63) is 65.2 Å². The molecule has 6 atom stereocenters. The smallest absolute Gasteiger partial charge is 0.232 e. The van der Waals surface area contributed by atoms with Gasteiger partial charge in [-0.15, -0.1) is 0 Å². The van der Waals surface area contributed by atoms with Crippen LogP contribution in [-0.4, -0.2) is 78.2 Å². The second-order valence-corrected chi connectivity index (χ2v) is 11.3. The molecule has 3 aromatic rings. The first-order valence-electron chi connectivity index (χ1n) is 14.6. The molecule has 7 rings (SSSR count). The minimum absolute atomic E-state index is 0.00402. The van der Waals surface area contributed by atoms with Crippen molar-refractivity contribution in [1.29, 1.82) is 0 Å². The number of benzene rings is 3. The summed E-state index contributed by atoms with van der Waals surface area (Å²) < 4.78 is 58.6. The van der Waals surface area contributed by atoms with E-state index in [0.717, 1.165) is 33.9 Å². The maximum atomic E-state index is 11.9. The lowest BCUT2D eigenvalue weighted by Crippen LogP contribution is -2.47. The monoisotopic (exact) mass is 608 g/mol. The van der Waals surface area contributed by atoms with Crippen molar-refractivity contribution in [2.75, 3.05) is 55.1 Å². The van der Waals surface area contributed by atoms with Crippen LogP contribution >= 0.6 is 0 Å². The Labute approximate surface area is 255 Å². The zero-order chi connectivity index (χ0) is 30.4.